The minimum absolute atomic E-state index is 0. The van der Waals surface area contributed by atoms with Crippen molar-refractivity contribution in [3.63, 3.8) is 0 Å². The average molecular weight is 212 g/mol. The van der Waals surface area contributed by atoms with Crippen LogP contribution in [0.5, 0.6) is 0 Å². The standard InChI is InChI=1S/C9H16O4.Na.H/c1-2-3-4-5-6-7(8(10)11)9(12)13;;/h7H,2-6H2,1H3,(H,10,11)(H,12,13);;. The number of hydrogen-bond acceptors (Lipinski definition) is 2. The molecule has 14 heavy (non-hydrogen) atoms. The Bertz CT molecular complexity index is 168. The predicted molar refractivity (Wildman–Crippen MR) is 54.7 cm³/mol. The van der Waals surface area contributed by atoms with Gasteiger partial charge in [-0.25, -0.2) is 0 Å². The van der Waals surface area contributed by atoms with Crippen LogP contribution in [-0.2, 0) is 9.59 Å². The molecule has 0 aromatic heterocycles. The van der Waals surface area contributed by atoms with Crippen molar-refractivity contribution in [2.45, 2.75) is 39.0 Å². The first-order valence-corrected chi connectivity index (χ1v) is 4.55. The molecule has 2 N–H and O–H groups in total. The van der Waals surface area contributed by atoms with Gasteiger partial charge in [-0.2, -0.15) is 0 Å². The molecule has 0 atom stereocenters. The Morgan fingerprint density at radius 2 is 1.57 bits per heavy atom. The second-order valence-electron chi connectivity index (χ2n) is 3.08. The van der Waals surface area contributed by atoms with Crippen LogP contribution in [0.1, 0.15) is 39.0 Å². The molecule has 0 radical (unpaired) electrons. The number of carboxylic acids is 2. The van der Waals surface area contributed by atoms with Gasteiger partial charge in [0.25, 0.3) is 0 Å². The fraction of sp³-hybridized carbons (Fsp3) is 0.778. The van der Waals surface area contributed by atoms with E-state index in [2.05, 4.69) is 0 Å². The monoisotopic (exact) mass is 212 g/mol. The third-order valence-electron chi connectivity index (χ3n) is 1.94. The number of unbranched alkanes of at least 4 members (excludes halogenated alkanes) is 3. The molecule has 0 rings (SSSR count). The summed E-state index contributed by atoms with van der Waals surface area (Å²) in [7, 11) is 0. The zero-order valence-electron chi connectivity index (χ0n) is 7.82. The summed E-state index contributed by atoms with van der Waals surface area (Å²) in [5.41, 5.74) is 0. The van der Waals surface area contributed by atoms with Crippen molar-refractivity contribution >= 4 is 41.5 Å². The van der Waals surface area contributed by atoms with Crippen molar-refractivity contribution in [1.29, 1.82) is 0 Å². The molecule has 0 amide bonds. The van der Waals surface area contributed by atoms with Gasteiger partial charge in [0.2, 0.25) is 0 Å². The van der Waals surface area contributed by atoms with Crippen molar-refractivity contribution in [2.75, 3.05) is 0 Å². The first kappa shape index (κ1) is 16.4. The summed E-state index contributed by atoms with van der Waals surface area (Å²) in [6.45, 7) is 2.05. The molecule has 0 aliphatic heterocycles. The van der Waals surface area contributed by atoms with Crippen LogP contribution in [-0.4, -0.2) is 51.7 Å². The molecule has 0 fully saturated rings. The average Bonchev–Trinajstić information content (AvgIpc) is 2.02. The molecule has 0 spiro atoms. The SMILES string of the molecule is CCCCCCC(C(=O)O)C(=O)O.[NaH]. The van der Waals surface area contributed by atoms with Crippen molar-refractivity contribution in [3.8, 4) is 0 Å². The Labute approximate surface area is 106 Å². The van der Waals surface area contributed by atoms with Crippen LogP contribution < -0.4 is 0 Å². The second kappa shape index (κ2) is 9.49. The number of rotatable bonds is 7. The van der Waals surface area contributed by atoms with Gasteiger partial charge in [-0.15, -0.1) is 0 Å². The van der Waals surface area contributed by atoms with Gasteiger partial charge in [0.15, 0.2) is 5.92 Å². The van der Waals surface area contributed by atoms with Crippen LogP contribution >= 0.6 is 0 Å². The summed E-state index contributed by atoms with van der Waals surface area (Å²) in [5.74, 6) is -3.69. The van der Waals surface area contributed by atoms with Gasteiger partial charge in [0, 0.05) is 0 Å². The van der Waals surface area contributed by atoms with Crippen LogP contribution in [0.3, 0.4) is 0 Å². The minimum atomic E-state index is -1.23. The molecule has 0 aromatic carbocycles. The third kappa shape index (κ3) is 7.35. The number of aliphatic carboxylic acids is 2. The first-order valence-electron chi connectivity index (χ1n) is 4.55. The van der Waals surface area contributed by atoms with E-state index in [1.54, 1.807) is 0 Å². The Morgan fingerprint density at radius 3 is 1.93 bits per heavy atom. The topological polar surface area (TPSA) is 74.6 Å². The van der Waals surface area contributed by atoms with E-state index in [0.717, 1.165) is 19.3 Å². The summed E-state index contributed by atoms with van der Waals surface area (Å²) in [6.07, 6.45) is 3.92. The van der Waals surface area contributed by atoms with Gasteiger partial charge in [0.05, 0.1) is 0 Å². The maximum absolute atomic E-state index is 10.4. The molecular weight excluding hydrogens is 195 g/mol. The quantitative estimate of drug-likeness (QED) is 0.376. The van der Waals surface area contributed by atoms with Gasteiger partial charge in [0.1, 0.15) is 0 Å². The van der Waals surface area contributed by atoms with Crippen molar-refractivity contribution in [3.05, 3.63) is 0 Å². The van der Waals surface area contributed by atoms with E-state index in [-0.39, 0.29) is 36.0 Å². The Balaban J connectivity index is 0. The Morgan fingerprint density at radius 1 is 1.07 bits per heavy atom. The van der Waals surface area contributed by atoms with Crippen molar-refractivity contribution < 1.29 is 19.8 Å². The molecule has 78 valence electrons. The predicted octanol–water partition coefficient (Wildman–Crippen LogP) is 1.09. The van der Waals surface area contributed by atoms with Gasteiger partial charge in [-0.3, -0.25) is 9.59 Å². The number of carbonyl (C=O) groups is 2. The maximum atomic E-state index is 10.4. The van der Waals surface area contributed by atoms with Crippen molar-refractivity contribution in [2.24, 2.45) is 5.92 Å². The van der Waals surface area contributed by atoms with Crippen LogP contribution in [0.15, 0.2) is 0 Å². The molecule has 0 saturated carbocycles. The van der Waals surface area contributed by atoms with E-state index in [1.807, 2.05) is 6.92 Å². The van der Waals surface area contributed by atoms with Crippen molar-refractivity contribution in [1.82, 2.24) is 0 Å². The molecule has 0 bridgehead atoms. The molecule has 0 aliphatic rings. The van der Waals surface area contributed by atoms with Gasteiger partial charge in [-0.1, -0.05) is 32.6 Å². The summed E-state index contributed by atoms with van der Waals surface area (Å²) in [4.78, 5) is 20.8. The summed E-state index contributed by atoms with van der Waals surface area (Å²) in [5, 5.41) is 17.0. The normalized spacial score (nSPS) is 9.57. The molecule has 4 nitrogen and oxygen atoms in total. The van der Waals surface area contributed by atoms with E-state index in [4.69, 9.17) is 10.2 Å². The van der Waals surface area contributed by atoms with Crippen LogP contribution in [0.2, 0.25) is 0 Å². The molecule has 0 unspecified atom stereocenters. The zero-order valence-corrected chi connectivity index (χ0v) is 7.82. The molecule has 0 saturated heterocycles. The molecule has 5 heteroatoms. The van der Waals surface area contributed by atoms with E-state index in [0.29, 0.717) is 6.42 Å². The molecule has 0 aliphatic carbocycles. The van der Waals surface area contributed by atoms with Gasteiger partial charge >= 0.3 is 41.5 Å². The van der Waals surface area contributed by atoms with E-state index < -0.39 is 17.9 Å². The van der Waals surface area contributed by atoms with Crippen LogP contribution in [0.25, 0.3) is 0 Å². The van der Waals surface area contributed by atoms with E-state index >= 15 is 0 Å². The second-order valence-corrected chi connectivity index (χ2v) is 3.08. The first-order chi connectivity index (χ1) is 6.09. The van der Waals surface area contributed by atoms with Crippen LogP contribution in [0, 0.1) is 5.92 Å². The summed E-state index contributed by atoms with van der Waals surface area (Å²) >= 11 is 0. The summed E-state index contributed by atoms with van der Waals surface area (Å²) < 4.78 is 0. The Kier molecular flexibility index (Phi) is 11.1. The number of carboxylic acid groups (broad SMARTS) is 2. The van der Waals surface area contributed by atoms with Gasteiger partial charge in [-0.05, 0) is 6.42 Å². The van der Waals surface area contributed by atoms with Crippen LogP contribution in [0.4, 0.5) is 0 Å². The van der Waals surface area contributed by atoms with Gasteiger partial charge < -0.3 is 10.2 Å². The van der Waals surface area contributed by atoms with E-state index in [9.17, 15) is 9.59 Å². The molecule has 0 heterocycles. The summed E-state index contributed by atoms with van der Waals surface area (Å²) in [6, 6.07) is 0. The number of hydrogen-bond donors (Lipinski definition) is 2. The molecule has 0 aromatic rings. The molecular formula is C9H17NaO4. The third-order valence-corrected chi connectivity index (χ3v) is 1.94. The zero-order chi connectivity index (χ0) is 10.3. The van der Waals surface area contributed by atoms with E-state index in [1.165, 1.54) is 0 Å². The fourth-order valence-corrected chi connectivity index (χ4v) is 1.13. The Hall–Kier alpha value is -0.0600. The fourth-order valence-electron chi connectivity index (χ4n) is 1.13.